The highest BCUT2D eigenvalue weighted by Gasteiger charge is 2.54. The standard InChI is InChI=1S/C22H24O4Si/c1-17-5-11-20(12-6-17)24-27(23-4,25-21-13-7-18(2)8-14-21)26-22-15-9-19(3)10-16-22/h5-16H,1-4H3. The third-order valence-electron chi connectivity index (χ3n) is 4.04. The van der Waals surface area contributed by atoms with E-state index in [0.717, 1.165) is 16.7 Å². The van der Waals surface area contributed by atoms with E-state index >= 15 is 0 Å². The first-order valence-electron chi connectivity index (χ1n) is 8.80. The van der Waals surface area contributed by atoms with Gasteiger partial charge in [0.1, 0.15) is 17.2 Å². The summed E-state index contributed by atoms with van der Waals surface area (Å²) < 4.78 is 24.2. The molecule has 0 fully saturated rings. The molecule has 0 bridgehead atoms. The van der Waals surface area contributed by atoms with Gasteiger partial charge in [0.2, 0.25) is 0 Å². The van der Waals surface area contributed by atoms with Crippen LogP contribution in [0, 0.1) is 20.8 Å². The van der Waals surface area contributed by atoms with E-state index in [1.165, 1.54) is 0 Å². The molecule has 0 aliphatic rings. The third-order valence-corrected chi connectivity index (χ3v) is 6.00. The molecule has 0 radical (unpaired) electrons. The van der Waals surface area contributed by atoms with Crippen LogP contribution in [-0.4, -0.2) is 16.2 Å². The van der Waals surface area contributed by atoms with Gasteiger partial charge in [0.15, 0.2) is 0 Å². The van der Waals surface area contributed by atoms with Crippen molar-refractivity contribution in [2.75, 3.05) is 7.11 Å². The van der Waals surface area contributed by atoms with Crippen molar-refractivity contribution in [3.05, 3.63) is 89.5 Å². The lowest BCUT2D eigenvalue weighted by Gasteiger charge is -2.27. The summed E-state index contributed by atoms with van der Waals surface area (Å²) in [7, 11) is -2.00. The van der Waals surface area contributed by atoms with Gasteiger partial charge in [0.05, 0.1) is 0 Å². The Kier molecular flexibility index (Phi) is 5.83. The SMILES string of the molecule is CO[Si](Oc1ccc(C)cc1)(Oc1ccc(C)cc1)Oc1ccc(C)cc1. The molecule has 0 aliphatic heterocycles. The van der Waals surface area contributed by atoms with Crippen LogP contribution < -0.4 is 13.3 Å². The second-order valence-corrected chi connectivity index (χ2v) is 8.47. The Morgan fingerprint density at radius 3 is 0.963 bits per heavy atom. The Labute approximate surface area is 161 Å². The van der Waals surface area contributed by atoms with Crippen molar-refractivity contribution >= 4 is 9.05 Å². The molecule has 0 aliphatic carbocycles. The minimum absolute atomic E-state index is 0.633. The highest BCUT2D eigenvalue weighted by molar-refractivity contribution is 6.56. The predicted octanol–water partition coefficient (Wildman–Crippen LogP) is 5.23. The zero-order valence-corrected chi connectivity index (χ0v) is 17.1. The predicted molar refractivity (Wildman–Crippen MR) is 108 cm³/mol. The zero-order chi connectivity index (χ0) is 19.3. The molecule has 0 amide bonds. The van der Waals surface area contributed by atoms with Crippen molar-refractivity contribution < 1.29 is 17.7 Å². The van der Waals surface area contributed by atoms with Crippen LogP contribution in [0.15, 0.2) is 72.8 Å². The Bertz CT molecular complexity index is 743. The van der Waals surface area contributed by atoms with Crippen molar-refractivity contribution in [3.8, 4) is 17.2 Å². The molecule has 0 heterocycles. The van der Waals surface area contributed by atoms with Crippen LogP contribution in [0.5, 0.6) is 17.2 Å². The van der Waals surface area contributed by atoms with Crippen molar-refractivity contribution in [1.29, 1.82) is 0 Å². The molecule has 140 valence electrons. The molecule has 0 saturated heterocycles. The van der Waals surface area contributed by atoms with E-state index in [1.54, 1.807) is 7.11 Å². The summed E-state index contributed by atoms with van der Waals surface area (Å²) in [4.78, 5) is 0. The Balaban J connectivity index is 1.92. The van der Waals surface area contributed by atoms with Crippen LogP contribution in [0.3, 0.4) is 0 Å². The molecule has 0 atom stereocenters. The zero-order valence-electron chi connectivity index (χ0n) is 16.1. The number of hydrogen-bond donors (Lipinski definition) is 0. The highest BCUT2D eigenvalue weighted by atomic mass is 28.4. The van der Waals surface area contributed by atoms with Crippen LogP contribution in [0.1, 0.15) is 16.7 Å². The summed E-state index contributed by atoms with van der Waals surface area (Å²) in [5.74, 6) is 1.90. The monoisotopic (exact) mass is 380 g/mol. The first kappa shape index (κ1) is 19.0. The van der Waals surface area contributed by atoms with Gasteiger partial charge in [-0.05, 0) is 57.2 Å². The Morgan fingerprint density at radius 2 is 0.741 bits per heavy atom. The molecular weight excluding hydrogens is 356 g/mol. The van der Waals surface area contributed by atoms with Gasteiger partial charge in [-0.25, -0.2) is 0 Å². The minimum atomic E-state index is -3.54. The Hall–Kier alpha value is -2.76. The average molecular weight is 381 g/mol. The van der Waals surface area contributed by atoms with E-state index in [1.807, 2.05) is 93.6 Å². The van der Waals surface area contributed by atoms with E-state index in [-0.39, 0.29) is 0 Å². The van der Waals surface area contributed by atoms with E-state index in [9.17, 15) is 0 Å². The van der Waals surface area contributed by atoms with Gasteiger partial charge in [-0.2, -0.15) is 0 Å². The lowest BCUT2D eigenvalue weighted by atomic mass is 10.2. The van der Waals surface area contributed by atoms with Gasteiger partial charge in [0, 0.05) is 7.11 Å². The topological polar surface area (TPSA) is 36.9 Å². The first-order chi connectivity index (χ1) is 13.0. The summed E-state index contributed by atoms with van der Waals surface area (Å²) in [6.07, 6.45) is 0. The quantitative estimate of drug-likeness (QED) is 0.526. The minimum Gasteiger partial charge on any atom is -0.462 e. The van der Waals surface area contributed by atoms with Crippen molar-refractivity contribution in [2.45, 2.75) is 20.8 Å². The highest BCUT2D eigenvalue weighted by Crippen LogP contribution is 2.25. The number of benzene rings is 3. The molecule has 0 aromatic heterocycles. The third kappa shape index (κ3) is 5.12. The maximum absolute atomic E-state index is 6.15. The fourth-order valence-corrected chi connectivity index (χ4v) is 4.09. The fourth-order valence-electron chi connectivity index (χ4n) is 2.44. The molecule has 0 spiro atoms. The van der Waals surface area contributed by atoms with Gasteiger partial charge in [-0.3, -0.25) is 0 Å². The molecule has 4 nitrogen and oxygen atoms in total. The molecule has 3 aromatic rings. The molecule has 27 heavy (non-hydrogen) atoms. The average Bonchev–Trinajstić information content (AvgIpc) is 2.67. The molecule has 5 heteroatoms. The van der Waals surface area contributed by atoms with Crippen LogP contribution >= 0.6 is 0 Å². The summed E-state index contributed by atoms with van der Waals surface area (Å²) in [5.41, 5.74) is 3.43. The summed E-state index contributed by atoms with van der Waals surface area (Å²) >= 11 is 0. The largest absolute Gasteiger partial charge is 0.892 e. The van der Waals surface area contributed by atoms with E-state index in [2.05, 4.69) is 0 Å². The molecule has 0 unspecified atom stereocenters. The normalized spacial score (nSPS) is 11.1. The number of hydrogen-bond acceptors (Lipinski definition) is 4. The van der Waals surface area contributed by atoms with Crippen LogP contribution in [0.4, 0.5) is 0 Å². The maximum atomic E-state index is 6.15. The van der Waals surface area contributed by atoms with E-state index in [4.69, 9.17) is 17.7 Å². The summed E-state index contributed by atoms with van der Waals surface area (Å²) in [6, 6.07) is 23.1. The van der Waals surface area contributed by atoms with Gasteiger partial charge < -0.3 is 17.7 Å². The van der Waals surface area contributed by atoms with E-state index in [0.29, 0.717) is 17.2 Å². The lowest BCUT2D eigenvalue weighted by Crippen LogP contribution is -2.57. The first-order valence-corrected chi connectivity index (χ1v) is 10.4. The van der Waals surface area contributed by atoms with Gasteiger partial charge in [-0.1, -0.05) is 53.1 Å². The molecule has 0 N–H and O–H groups in total. The van der Waals surface area contributed by atoms with Crippen molar-refractivity contribution in [3.63, 3.8) is 0 Å². The smallest absolute Gasteiger partial charge is 0.462 e. The van der Waals surface area contributed by atoms with Gasteiger partial charge in [-0.15, -0.1) is 0 Å². The number of aryl methyl sites for hydroxylation is 3. The van der Waals surface area contributed by atoms with Gasteiger partial charge >= 0.3 is 9.05 Å². The molecule has 0 saturated carbocycles. The maximum Gasteiger partial charge on any atom is 0.892 e. The molecule has 3 rings (SSSR count). The Morgan fingerprint density at radius 1 is 0.481 bits per heavy atom. The van der Waals surface area contributed by atoms with Crippen LogP contribution in [0.25, 0.3) is 0 Å². The van der Waals surface area contributed by atoms with Crippen LogP contribution in [-0.2, 0) is 4.43 Å². The summed E-state index contributed by atoms with van der Waals surface area (Å²) in [5, 5.41) is 0. The second kappa shape index (κ2) is 8.29. The second-order valence-electron chi connectivity index (χ2n) is 6.45. The molecule has 3 aromatic carbocycles. The van der Waals surface area contributed by atoms with Crippen molar-refractivity contribution in [1.82, 2.24) is 0 Å². The number of rotatable bonds is 7. The van der Waals surface area contributed by atoms with Gasteiger partial charge in [0.25, 0.3) is 0 Å². The van der Waals surface area contributed by atoms with Crippen LogP contribution in [0.2, 0.25) is 0 Å². The van der Waals surface area contributed by atoms with E-state index < -0.39 is 9.05 Å². The lowest BCUT2D eigenvalue weighted by molar-refractivity contribution is 0.118. The summed E-state index contributed by atoms with van der Waals surface area (Å²) in [6.45, 7) is 6.07. The molecular formula is C22H24O4Si. The fraction of sp³-hybridized carbons (Fsp3) is 0.182. The van der Waals surface area contributed by atoms with Crippen molar-refractivity contribution in [2.24, 2.45) is 0 Å².